The highest BCUT2D eigenvalue weighted by Gasteiger charge is 2.02. The third-order valence-electron chi connectivity index (χ3n) is 1.61. The van der Waals surface area contributed by atoms with Crippen LogP contribution in [0.2, 0.25) is 0 Å². The highest BCUT2D eigenvalue weighted by Crippen LogP contribution is 1.99. The lowest BCUT2D eigenvalue weighted by atomic mass is 10.1. The Morgan fingerprint density at radius 2 is 2.00 bits per heavy atom. The minimum atomic E-state index is 0.303. The Balaban J connectivity index is 3.30. The van der Waals surface area contributed by atoms with E-state index < -0.39 is 0 Å². The van der Waals surface area contributed by atoms with E-state index in [4.69, 9.17) is 5.11 Å². The maximum absolute atomic E-state index is 8.65. The molecule has 2 heteroatoms. The minimum Gasteiger partial charge on any atom is -0.396 e. The summed E-state index contributed by atoms with van der Waals surface area (Å²) in [6, 6.07) is 0.528. The fourth-order valence-corrected chi connectivity index (χ4v) is 1.14. The van der Waals surface area contributed by atoms with Gasteiger partial charge in [-0.25, -0.2) is 0 Å². The maximum atomic E-state index is 8.65. The van der Waals surface area contributed by atoms with Crippen LogP contribution in [0.3, 0.4) is 0 Å². The predicted molar refractivity (Wildman–Crippen MR) is 44.1 cm³/mol. The predicted octanol–water partition coefficient (Wildman–Crippen LogP) is 1.15. The van der Waals surface area contributed by atoms with E-state index in [1.54, 1.807) is 0 Å². The molecule has 0 saturated heterocycles. The van der Waals surface area contributed by atoms with Crippen LogP contribution in [0.25, 0.3) is 0 Å². The molecule has 0 aromatic rings. The molecule has 0 unspecified atom stereocenters. The number of aliphatic hydroxyl groups excluding tert-OH is 1. The normalized spacial score (nSPS) is 13.5. The molecule has 0 saturated carbocycles. The van der Waals surface area contributed by atoms with Crippen LogP contribution >= 0.6 is 0 Å². The summed E-state index contributed by atoms with van der Waals surface area (Å²) < 4.78 is 0. The molecule has 2 N–H and O–H groups in total. The van der Waals surface area contributed by atoms with Crippen molar-refractivity contribution >= 4 is 0 Å². The number of rotatable bonds is 6. The highest BCUT2D eigenvalue weighted by molar-refractivity contribution is 4.63. The lowest BCUT2D eigenvalue weighted by Crippen LogP contribution is -2.29. The van der Waals surface area contributed by atoms with Crippen molar-refractivity contribution in [2.24, 2.45) is 0 Å². The van der Waals surface area contributed by atoms with Crippen LogP contribution in [0.1, 0.15) is 33.1 Å². The van der Waals surface area contributed by atoms with Crippen molar-refractivity contribution in [3.05, 3.63) is 0 Å². The summed E-state index contributed by atoms with van der Waals surface area (Å²) in [6.45, 7) is 5.57. The molecular weight excluding hydrogens is 126 g/mol. The van der Waals surface area contributed by atoms with Gasteiger partial charge >= 0.3 is 0 Å². The highest BCUT2D eigenvalue weighted by atomic mass is 16.3. The van der Waals surface area contributed by atoms with E-state index in [1.807, 2.05) is 0 Å². The molecule has 0 bridgehead atoms. The van der Waals surface area contributed by atoms with Gasteiger partial charge in [0.1, 0.15) is 0 Å². The largest absolute Gasteiger partial charge is 0.396 e. The van der Waals surface area contributed by atoms with Crippen molar-refractivity contribution in [1.82, 2.24) is 5.32 Å². The average molecular weight is 145 g/mol. The second-order valence-corrected chi connectivity index (χ2v) is 2.56. The van der Waals surface area contributed by atoms with Gasteiger partial charge in [-0.2, -0.15) is 0 Å². The van der Waals surface area contributed by atoms with Crippen LogP contribution in [0, 0.1) is 0 Å². The van der Waals surface area contributed by atoms with Crippen molar-refractivity contribution in [3.8, 4) is 0 Å². The topological polar surface area (TPSA) is 32.3 Å². The van der Waals surface area contributed by atoms with E-state index in [0.717, 1.165) is 13.0 Å². The third kappa shape index (κ3) is 4.77. The van der Waals surface area contributed by atoms with Gasteiger partial charge in [0.25, 0.3) is 0 Å². The summed E-state index contributed by atoms with van der Waals surface area (Å²) in [5.41, 5.74) is 0. The molecule has 0 heterocycles. The van der Waals surface area contributed by atoms with E-state index in [9.17, 15) is 0 Å². The lowest BCUT2D eigenvalue weighted by Gasteiger charge is -2.14. The van der Waals surface area contributed by atoms with Crippen molar-refractivity contribution in [2.75, 3.05) is 13.2 Å². The Hall–Kier alpha value is -0.0800. The molecule has 2 nitrogen and oxygen atoms in total. The molecule has 1 atom stereocenters. The molecule has 10 heavy (non-hydrogen) atoms. The molecular formula is C8H19NO. The smallest absolute Gasteiger partial charge is 0.0445 e. The molecule has 62 valence electrons. The summed E-state index contributed by atoms with van der Waals surface area (Å²) in [5, 5.41) is 12.0. The molecule has 0 aliphatic heterocycles. The first kappa shape index (κ1) is 9.92. The summed E-state index contributed by atoms with van der Waals surface area (Å²) in [6.07, 6.45) is 3.26. The summed E-state index contributed by atoms with van der Waals surface area (Å²) in [5.74, 6) is 0. The van der Waals surface area contributed by atoms with Crippen LogP contribution < -0.4 is 5.32 Å². The zero-order valence-electron chi connectivity index (χ0n) is 7.06. The van der Waals surface area contributed by atoms with E-state index in [0.29, 0.717) is 12.6 Å². The van der Waals surface area contributed by atoms with Crippen molar-refractivity contribution in [1.29, 1.82) is 0 Å². The Morgan fingerprint density at radius 1 is 1.30 bits per heavy atom. The van der Waals surface area contributed by atoms with Gasteiger partial charge in [-0.1, -0.05) is 20.3 Å². The molecule has 0 radical (unpaired) electrons. The first-order valence-corrected chi connectivity index (χ1v) is 4.19. The van der Waals surface area contributed by atoms with E-state index in [1.165, 1.54) is 12.8 Å². The lowest BCUT2D eigenvalue weighted by molar-refractivity contribution is 0.261. The first-order chi connectivity index (χ1) is 4.85. The van der Waals surface area contributed by atoms with E-state index >= 15 is 0 Å². The molecule has 0 aliphatic rings. The van der Waals surface area contributed by atoms with Crippen LogP contribution in [-0.2, 0) is 0 Å². The van der Waals surface area contributed by atoms with Crippen LogP contribution in [0.5, 0.6) is 0 Å². The summed E-state index contributed by atoms with van der Waals surface area (Å²) >= 11 is 0. The maximum Gasteiger partial charge on any atom is 0.0445 e. The molecule has 0 amide bonds. The monoisotopic (exact) mass is 145 g/mol. The second kappa shape index (κ2) is 7.03. The fourth-order valence-electron chi connectivity index (χ4n) is 1.14. The van der Waals surface area contributed by atoms with Gasteiger partial charge < -0.3 is 10.4 Å². The standard InChI is InChI=1S/C8H19NO/c1-3-5-8(6-7-10)9-4-2/h8-10H,3-7H2,1-2H3/t8-/m1/s1. The summed E-state index contributed by atoms with van der Waals surface area (Å²) in [4.78, 5) is 0. The third-order valence-corrected chi connectivity index (χ3v) is 1.61. The van der Waals surface area contributed by atoms with Gasteiger partial charge in [0, 0.05) is 12.6 Å². The summed E-state index contributed by atoms with van der Waals surface area (Å²) in [7, 11) is 0. The number of hydrogen-bond donors (Lipinski definition) is 2. The average Bonchev–Trinajstić information content (AvgIpc) is 1.90. The van der Waals surface area contributed by atoms with Gasteiger partial charge in [0.2, 0.25) is 0 Å². The number of aliphatic hydroxyl groups is 1. The van der Waals surface area contributed by atoms with Gasteiger partial charge in [-0.05, 0) is 19.4 Å². The van der Waals surface area contributed by atoms with Crippen LogP contribution in [0.4, 0.5) is 0 Å². The Morgan fingerprint density at radius 3 is 2.40 bits per heavy atom. The van der Waals surface area contributed by atoms with Crippen LogP contribution in [-0.4, -0.2) is 24.3 Å². The van der Waals surface area contributed by atoms with Gasteiger partial charge in [0.15, 0.2) is 0 Å². The van der Waals surface area contributed by atoms with Crippen LogP contribution in [0.15, 0.2) is 0 Å². The molecule has 0 rings (SSSR count). The second-order valence-electron chi connectivity index (χ2n) is 2.56. The zero-order valence-corrected chi connectivity index (χ0v) is 7.06. The molecule has 0 fully saturated rings. The zero-order chi connectivity index (χ0) is 7.82. The Kier molecular flexibility index (Phi) is 6.98. The number of nitrogens with one attached hydrogen (secondary N) is 1. The molecule has 0 aromatic carbocycles. The van der Waals surface area contributed by atoms with E-state index in [-0.39, 0.29) is 0 Å². The molecule has 0 aliphatic carbocycles. The SMILES string of the molecule is CCC[C@H](CCO)NCC. The molecule has 0 aromatic heterocycles. The van der Waals surface area contributed by atoms with Gasteiger partial charge in [0.05, 0.1) is 0 Å². The van der Waals surface area contributed by atoms with Gasteiger partial charge in [-0.3, -0.25) is 0 Å². The van der Waals surface area contributed by atoms with Crippen molar-refractivity contribution < 1.29 is 5.11 Å². The van der Waals surface area contributed by atoms with Gasteiger partial charge in [-0.15, -0.1) is 0 Å². The Bertz CT molecular complexity index is 52.0. The number of hydrogen-bond acceptors (Lipinski definition) is 2. The quantitative estimate of drug-likeness (QED) is 0.587. The fraction of sp³-hybridized carbons (Fsp3) is 1.00. The minimum absolute atomic E-state index is 0.303. The van der Waals surface area contributed by atoms with Crippen molar-refractivity contribution in [2.45, 2.75) is 39.2 Å². The first-order valence-electron chi connectivity index (χ1n) is 4.19. The Labute approximate surface area is 63.6 Å². The van der Waals surface area contributed by atoms with E-state index in [2.05, 4.69) is 19.2 Å². The molecule has 0 spiro atoms. The van der Waals surface area contributed by atoms with Crippen molar-refractivity contribution in [3.63, 3.8) is 0 Å².